The van der Waals surface area contributed by atoms with Crippen molar-refractivity contribution in [2.75, 3.05) is 164 Å². The Balaban J connectivity index is 3.04. The molecule has 52 heavy (non-hydrogen) atoms. The number of unbranched alkanes of at least 4 members (excludes halogenated alkanes) is 12. The molecule has 0 N–H and O–H groups in total. The monoisotopic (exact) mass is 818 g/mol. The first-order valence-electron chi connectivity index (χ1n) is 20.4. The number of alkyl halides is 1. The van der Waals surface area contributed by atoms with E-state index in [4.69, 9.17) is 56.8 Å². The fourth-order valence-electron chi connectivity index (χ4n) is 4.80. The number of ether oxygens (including phenoxy) is 12. The van der Waals surface area contributed by atoms with Crippen molar-refractivity contribution in [2.24, 2.45) is 0 Å². The summed E-state index contributed by atoms with van der Waals surface area (Å²) in [4.78, 5) is 0. The maximum Gasteiger partial charge on any atom is 0.0701 e. The van der Waals surface area contributed by atoms with Crippen LogP contribution in [0.5, 0.6) is 0 Å². The van der Waals surface area contributed by atoms with Crippen molar-refractivity contribution in [1.82, 2.24) is 0 Å². The molecule has 0 radical (unpaired) electrons. The Morgan fingerprint density at radius 2 is 0.385 bits per heavy atom. The van der Waals surface area contributed by atoms with Crippen LogP contribution in [0.1, 0.15) is 90.4 Å². The van der Waals surface area contributed by atoms with E-state index >= 15 is 0 Å². The Kier molecular flexibility index (Phi) is 51.0. The zero-order valence-electron chi connectivity index (χ0n) is 33.1. The molecule has 0 unspecified atom stereocenters. The minimum Gasteiger partial charge on any atom is -0.379 e. The predicted octanol–water partition coefficient (Wildman–Crippen LogP) is 6.67. The van der Waals surface area contributed by atoms with Gasteiger partial charge >= 0.3 is 0 Å². The maximum absolute atomic E-state index is 5.68. The van der Waals surface area contributed by atoms with Gasteiger partial charge in [0.25, 0.3) is 0 Å². The molecule has 0 atom stereocenters. The predicted molar refractivity (Wildman–Crippen MR) is 209 cm³/mol. The summed E-state index contributed by atoms with van der Waals surface area (Å²) in [7, 11) is 0. The molecule has 0 heterocycles. The van der Waals surface area contributed by atoms with Gasteiger partial charge in [-0.1, -0.05) is 99.9 Å². The number of rotatable bonds is 49. The molecular weight excluding hydrogens is 740 g/mol. The molecule has 0 aliphatic carbocycles. The van der Waals surface area contributed by atoms with Crippen LogP contribution in [0.3, 0.4) is 0 Å². The summed E-state index contributed by atoms with van der Waals surface area (Å²) in [6.07, 6.45) is 17.8. The van der Waals surface area contributed by atoms with Gasteiger partial charge < -0.3 is 56.8 Å². The number of halogens is 1. The van der Waals surface area contributed by atoms with E-state index < -0.39 is 0 Å². The Morgan fingerprint density at radius 1 is 0.212 bits per heavy atom. The van der Waals surface area contributed by atoms with Crippen LogP contribution in [0.25, 0.3) is 0 Å². The average Bonchev–Trinajstić information content (AvgIpc) is 3.16. The zero-order chi connectivity index (χ0) is 37.4. The summed E-state index contributed by atoms with van der Waals surface area (Å²) in [6, 6.07) is 0. The summed E-state index contributed by atoms with van der Waals surface area (Å²) >= 11 is 3.31. The van der Waals surface area contributed by atoms with Gasteiger partial charge in [-0.15, -0.1) is 0 Å². The van der Waals surface area contributed by atoms with Gasteiger partial charge in [0, 0.05) is 11.9 Å². The van der Waals surface area contributed by atoms with E-state index in [1.54, 1.807) is 0 Å². The molecule has 314 valence electrons. The fraction of sp³-hybridized carbons (Fsp3) is 1.00. The van der Waals surface area contributed by atoms with Crippen LogP contribution in [0.15, 0.2) is 0 Å². The Labute approximate surface area is 326 Å². The minimum atomic E-state index is 0.520. The molecule has 12 nitrogen and oxygen atoms in total. The van der Waals surface area contributed by atoms with Crippen LogP contribution < -0.4 is 0 Å². The molecule has 0 bridgehead atoms. The molecule has 0 aromatic carbocycles. The first-order valence-corrected chi connectivity index (χ1v) is 21.5. The highest BCUT2D eigenvalue weighted by molar-refractivity contribution is 9.09. The second-order valence-electron chi connectivity index (χ2n) is 12.3. The van der Waals surface area contributed by atoms with Gasteiger partial charge in [-0.05, 0) is 6.42 Å². The summed E-state index contributed by atoms with van der Waals surface area (Å²) in [6.45, 7) is 15.9. The quantitative estimate of drug-likeness (QED) is 0.0483. The van der Waals surface area contributed by atoms with Gasteiger partial charge in [-0.25, -0.2) is 0 Å². The van der Waals surface area contributed by atoms with Crippen molar-refractivity contribution in [2.45, 2.75) is 90.4 Å². The summed E-state index contributed by atoms with van der Waals surface area (Å²) in [5.41, 5.74) is 0. The van der Waals surface area contributed by atoms with Gasteiger partial charge in [-0.2, -0.15) is 0 Å². The maximum atomic E-state index is 5.68. The topological polar surface area (TPSA) is 111 Å². The largest absolute Gasteiger partial charge is 0.379 e. The average molecular weight is 820 g/mol. The van der Waals surface area contributed by atoms with E-state index in [1.165, 1.54) is 77.0 Å². The molecule has 0 aliphatic heterocycles. The highest BCUT2D eigenvalue weighted by atomic mass is 79.9. The zero-order valence-corrected chi connectivity index (χ0v) is 34.7. The molecule has 0 saturated carbocycles. The molecule has 0 aromatic rings. The third-order valence-corrected chi connectivity index (χ3v) is 8.03. The Morgan fingerprint density at radius 3 is 0.596 bits per heavy atom. The first-order chi connectivity index (χ1) is 25.9. The van der Waals surface area contributed by atoms with Crippen LogP contribution in [-0.4, -0.2) is 164 Å². The molecule has 0 aliphatic rings. The summed E-state index contributed by atoms with van der Waals surface area (Å²) in [5, 5.41) is 0.840. The SMILES string of the molecule is CCCCCCCCCCCCCCCOCCOCCOCCOCCOCCOCCOCCOCCOCCOCCOCCOCCBr. The molecule has 0 spiro atoms. The minimum absolute atomic E-state index is 0.520. The Hall–Kier alpha value is 0.0000000000000000555. The molecular formula is C39H79BrO12. The third kappa shape index (κ3) is 50.0. The summed E-state index contributed by atoms with van der Waals surface area (Å²) < 4.78 is 65.9. The molecule has 13 heteroatoms. The van der Waals surface area contributed by atoms with Crippen molar-refractivity contribution >= 4 is 15.9 Å². The lowest BCUT2D eigenvalue weighted by atomic mass is 10.0. The molecule has 0 aromatic heterocycles. The normalized spacial score (nSPS) is 11.7. The van der Waals surface area contributed by atoms with Crippen molar-refractivity contribution in [3.05, 3.63) is 0 Å². The van der Waals surface area contributed by atoms with E-state index in [1.807, 2.05) is 0 Å². The molecule has 0 fully saturated rings. The molecule has 0 saturated heterocycles. The van der Waals surface area contributed by atoms with Gasteiger partial charge in [0.1, 0.15) is 0 Å². The molecule has 0 amide bonds. The van der Waals surface area contributed by atoms with Crippen molar-refractivity contribution in [3.8, 4) is 0 Å². The lowest BCUT2D eigenvalue weighted by Crippen LogP contribution is -2.15. The van der Waals surface area contributed by atoms with E-state index in [9.17, 15) is 0 Å². The van der Waals surface area contributed by atoms with Gasteiger partial charge in [-0.3, -0.25) is 0 Å². The van der Waals surface area contributed by atoms with Crippen LogP contribution in [-0.2, 0) is 56.8 Å². The fourth-order valence-corrected chi connectivity index (χ4v) is 5.03. The van der Waals surface area contributed by atoms with E-state index in [0.717, 1.165) is 18.4 Å². The van der Waals surface area contributed by atoms with Gasteiger partial charge in [0.2, 0.25) is 0 Å². The molecule has 0 rings (SSSR count). The Bertz CT molecular complexity index is 562. The number of hydrogen-bond acceptors (Lipinski definition) is 12. The van der Waals surface area contributed by atoms with E-state index in [-0.39, 0.29) is 0 Å². The van der Waals surface area contributed by atoms with E-state index in [2.05, 4.69) is 22.9 Å². The lowest BCUT2D eigenvalue weighted by Gasteiger charge is -2.09. The van der Waals surface area contributed by atoms with Crippen LogP contribution in [0.2, 0.25) is 0 Å². The smallest absolute Gasteiger partial charge is 0.0701 e. The van der Waals surface area contributed by atoms with Gasteiger partial charge in [0.15, 0.2) is 0 Å². The number of hydrogen-bond donors (Lipinski definition) is 0. The van der Waals surface area contributed by atoms with Gasteiger partial charge in [0.05, 0.1) is 152 Å². The van der Waals surface area contributed by atoms with Crippen LogP contribution >= 0.6 is 15.9 Å². The van der Waals surface area contributed by atoms with Crippen molar-refractivity contribution in [3.63, 3.8) is 0 Å². The third-order valence-electron chi connectivity index (χ3n) is 7.71. The van der Waals surface area contributed by atoms with Crippen molar-refractivity contribution in [1.29, 1.82) is 0 Å². The standard InChI is InChI=1S/C39H79BrO12/c1-2-3-4-5-6-7-8-9-10-11-12-13-14-16-41-18-20-43-22-24-45-26-28-47-30-32-49-34-36-51-38-39-52-37-35-50-33-31-48-29-27-46-25-23-44-21-19-42-17-15-40/h2-39H2,1H3. The second-order valence-corrected chi connectivity index (χ2v) is 13.1. The van der Waals surface area contributed by atoms with Crippen LogP contribution in [0.4, 0.5) is 0 Å². The van der Waals surface area contributed by atoms with Crippen LogP contribution in [0, 0.1) is 0 Å². The van der Waals surface area contributed by atoms with Crippen molar-refractivity contribution < 1.29 is 56.8 Å². The highest BCUT2D eigenvalue weighted by Gasteiger charge is 1.98. The van der Waals surface area contributed by atoms with E-state index in [0.29, 0.717) is 152 Å². The highest BCUT2D eigenvalue weighted by Crippen LogP contribution is 2.12. The summed E-state index contributed by atoms with van der Waals surface area (Å²) in [5.74, 6) is 0. The first kappa shape index (κ1) is 52.0. The second kappa shape index (κ2) is 51.0. The lowest BCUT2D eigenvalue weighted by molar-refractivity contribution is -0.0282.